The normalized spacial score (nSPS) is 13.8. The quantitative estimate of drug-likeness (QED) is 0.548. The molecule has 4 nitrogen and oxygen atoms in total. The zero-order chi connectivity index (χ0) is 8.91. The van der Waals surface area contributed by atoms with E-state index in [0.717, 1.165) is 0 Å². The Balaban J connectivity index is 0. The van der Waals surface area contributed by atoms with E-state index in [1.54, 1.807) is 0 Å². The van der Waals surface area contributed by atoms with E-state index in [1.807, 2.05) is 20.8 Å². The molecule has 0 heterocycles. The molecule has 1 unspecified atom stereocenters. The number of nitrogens with two attached hydrogens (primary N) is 1. The van der Waals surface area contributed by atoms with Crippen LogP contribution in [0.25, 0.3) is 0 Å². The molecule has 0 aliphatic rings. The van der Waals surface area contributed by atoms with Crippen LogP contribution in [0.1, 0.15) is 33.6 Å². The highest BCUT2D eigenvalue weighted by Crippen LogP contribution is 2.18. The molecule has 76 valence electrons. The average molecular weight is 178 g/mol. The molecular weight excluding hydrogens is 156 g/mol. The fraction of sp³-hybridized carbons (Fsp3) is 1.00. The lowest BCUT2D eigenvalue weighted by Crippen LogP contribution is -2.48. The van der Waals surface area contributed by atoms with Gasteiger partial charge in [-0.1, -0.05) is 13.8 Å². The predicted octanol–water partition coefficient (Wildman–Crippen LogP) is 1.02. The van der Waals surface area contributed by atoms with Gasteiger partial charge in [0.2, 0.25) is 0 Å². The number of aliphatic hydroxyl groups is 1. The summed E-state index contributed by atoms with van der Waals surface area (Å²) in [6.45, 7) is 6.22. The van der Waals surface area contributed by atoms with Crippen molar-refractivity contribution >= 4 is 0 Å². The van der Waals surface area contributed by atoms with Gasteiger partial charge in [-0.05, 0) is 19.8 Å². The summed E-state index contributed by atoms with van der Waals surface area (Å²) in [6.07, 6.45) is 0.706. The lowest BCUT2D eigenvalue weighted by Gasteiger charge is -2.31. The van der Waals surface area contributed by atoms with Gasteiger partial charge in [0.15, 0.2) is 0 Å². The Morgan fingerprint density at radius 2 is 1.75 bits per heavy atom. The molecule has 0 radical (unpaired) electrons. The lowest BCUT2D eigenvalue weighted by molar-refractivity contribution is -0.107. The van der Waals surface area contributed by atoms with Crippen molar-refractivity contribution in [3.05, 3.63) is 0 Å². The van der Waals surface area contributed by atoms with Gasteiger partial charge < -0.3 is 21.7 Å². The van der Waals surface area contributed by atoms with E-state index in [2.05, 4.69) is 0 Å². The Bertz CT molecular complexity index is 105. The number of ether oxygens (including phenoxy) is 1. The first-order valence-electron chi connectivity index (χ1n) is 4.20. The molecule has 12 heavy (non-hydrogen) atoms. The van der Waals surface area contributed by atoms with E-state index in [-0.39, 0.29) is 6.15 Å². The van der Waals surface area contributed by atoms with Gasteiger partial charge in [0.05, 0.1) is 0 Å². The van der Waals surface area contributed by atoms with Crippen molar-refractivity contribution < 1.29 is 9.84 Å². The molecule has 0 aliphatic heterocycles. The molecule has 0 aromatic rings. The molecule has 0 amide bonds. The third kappa shape index (κ3) is 3.49. The van der Waals surface area contributed by atoms with Crippen LogP contribution in [-0.2, 0) is 4.74 Å². The van der Waals surface area contributed by atoms with Crippen LogP contribution in [0.3, 0.4) is 0 Å². The topological polar surface area (TPSA) is 90.5 Å². The Hall–Kier alpha value is -0.160. The molecule has 4 heteroatoms. The minimum Gasteiger partial charge on any atom is -0.386 e. The Morgan fingerprint density at radius 3 is 2.00 bits per heavy atom. The van der Waals surface area contributed by atoms with Crippen LogP contribution in [0.2, 0.25) is 0 Å². The minimum absolute atomic E-state index is 0. The highest BCUT2D eigenvalue weighted by Gasteiger charge is 2.30. The van der Waals surface area contributed by atoms with E-state index < -0.39 is 11.8 Å². The first kappa shape index (κ1) is 14.4. The minimum atomic E-state index is -0.851. The first-order chi connectivity index (χ1) is 5.10. The number of rotatable bonds is 5. The maximum absolute atomic E-state index is 9.78. The molecule has 0 bridgehead atoms. The predicted molar refractivity (Wildman–Crippen MR) is 50.2 cm³/mol. The van der Waals surface area contributed by atoms with E-state index in [0.29, 0.717) is 19.4 Å². The van der Waals surface area contributed by atoms with Crippen LogP contribution in [0, 0.1) is 0 Å². The second kappa shape index (κ2) is 6.37. The average Bonchev–Trinajstić information content (AvgIpc) is 2.03. The van der Waals surface area contributed by atoms with Crippen molar-refractivity contribution in [2.24, 2.45) is 5.73 Å². The van der Waals surface area contributed by atoms with Crippen molar-refractivity contribution in [3.8, 4) is 0 Å². The summed E-state index contributed by atoms with van der Waals surface area (Å²) < 4.78 is 5.12. The first-order valence-corrected chi connectivity index (χ1v) is 4.20. The smallest absolute Gasteiger partial charge is 0.134 e. The molecule has 0 rings (SSSR count). The standard InChI is InChI=1S/C8H19NO2.H3N/c1-4-8(10,5-2)7(9)11-6-3;/h7,10H,4-6,9H2,1-3H3;1H3. The summed E-state index contributed by atoms with van der Waals surface area (Å²) >= 11 is 0. The second-order valence-electron chi connectivity index (χ2n) is 2.69. The number of hydrogen-bond acceptors (Lipinski definition) is 4. The zero-order valence-corrected chi connectivity index (χ0v) is 8.34. The third-order valence-electron chi connectivity index (χ3n) is 2.10. The fourth-order valence-corrected chi connectivity index (χ4v) is 0.987. The van der Waals surface area contributed by atoms with E-state index in [1.165, 1.54) is 0 Å². The second-order valence-corrected chi connectivity index (χ2v) is 2.69. The molecule has 0 saturated heterocycles. The van der Waals surface area contributed by atoms with Crippen LogP contribution in [-0.4, -0.2) is 23.5 Å². The number of hydrogen-bond donors (Lipinski definition) is 3. The zero-order valence-electron chi connectivity index (χ0n) is 8.34. The van der Waals surface area contributed by atoms with Crippen LogP contribution < -0.4 is 11.9 Å². The van der Waals surface area contributed by atoms with E-state index in [4.69, 9.17) is 10.5 Å². The molecule has 0 spiro atoms. The van der Waals surface area contributed by atoms with Crippen LogP contribution >= 0.6 is 0 Å². The Morgan fingerprint density at radius 1 is 1.33 bits per heavy atom. The van der Waals surface area contributed by atoms with Crippen LogP contribution in [0.15, 0.2) is 0 Å². The van der Waals surface area contributed by atoms with Crippen LogP contribution in [0.5, 0.6) is 0 Å². The SMILES string of the molecule is CCOC(N)C(O)(CC)CC.N. The third-order valence-corrected chi connectivity index (χ3v) is 2.10. The Labute approximate surface area is 74.7 Å². The molecule has 0 saturated carbocycles. The highest BCUT2D eigenvalue weighted by atomic mass is 16.5. The van der Waals surface area contributed by atoms with Gasteiger partial charge in [0.25, 0.3) is 0 Å². The maximum atomic E-state index is 9.78. The highest BCUT2D eigenvalue weighted by molar-refractivity contribution is 4.80. The van der Waals surface area contributed by atoms with Gasteiger partial charge in [-0.3, -0.25) is 0 Å². The molecular formula is C8H22N2O2. The van der Waals surface area contributed by atoms with Gasteiger partial charge >= 0.3 is 0 Å². The summed E-state index contributed by atoms with van der Waals surface area (Å²) in [5.41, 5.74) is 4.76. The summed E-state index contributed by atoms with van der Waals surface area (Å²) in [5.74, 6) is 0. The largest absolute Gasteiger partial charge is 0.386 e. The van der Waals surface area contributed by atoms with Gasteiger partial charge in [0, 0.05) is 6.61 Å². The van der Waals surface area contributed by atoms with Gasteiger partial charge in [0.1, 0.15) is 11.8 Å². The maximum Gasteiger partial charge on any atom is 0.134 e. The summed E-state index contributed by atoms with van der Waals surface area (Å²) in [4.78, 5) is 0. The summed E-state index contributed by atoms with van der Waals surface area (Å²) in [5, 5.41) is 9.78. The van der Waals surface area contributed by atoms with E-state index in [9.17, 15) is 5.11 Å². The van der Waals surface area contributed by atoms with Gasteiger partial charge in [-0.2, -0.15) is 0 Å². The van der Waals surface area contributed by atoms with Crippen molar-refractivity contribution in [1.29, 1.82) is 0 Å². The molecule has 0 aromatic carbocycles. The van der Waals surface area contributed by atoms with Gasteiger partial charge in [-0.25, -0.2) is 0 Å². The molecule has 1 atom stereocenters. The molecule has 6 N–H and O–H groups in total. The fourth-order valence-electron chi connectivity index (χ4n) is 0.987. The van der Waals surface area contributed by atoms with Gasteiger partial charge in [-0.15, -0.1) is 0 Å². The summed E-state index contributed by atoms with van der Waals surface area (Å²) in [7, 11) is 0. The van der Waals surface area contributed by atoms with E-state index >= 15 is 0 Å². The monoisotopic (exact) mass is 178 g/mol. The van der Waals surface area contributed by atoms with Crippen molar-refractivity contribution in [2.75, 3.05) is 6.61 Å². The summed E-state index contributed by atoms with van der Waals surface area (Å²) in [6, 6.07) is 0. The molecule has 0 aliphatic carbocycles. The lowest BCUT2D eigenvalue weighted by atomic mass is 9.96. The molecule has 0 aromatic heterocycles. The Kier molecular flexibility index (Phi) is 7.62. The van der Waals surface area contributed by atoms with Crippen molar-refractivity contribution in [2.45, 2.75) is 45.4 Å². The van der Waals surface area contributed by atoms with Crippen molar-refractivity contribution in [3.63, 3.8) is 0 Å². The van der Waals surface area contributed by atoms with Crippen LogP contribution in [0.4, 0.5) is 0 Å². The van der Waals surface area contributed by atoms with Crippen molar-refractivity contribution in [1.82, 2.24) is 6.15 Å². The molecule has 0 fully saturated rings.